The zero-order valence-corrected chi connectivity index (χ0v) is 16.2. The van der Waals surface area contributed by atoms with Crippen molar-refractivity contribution in [1.82, 2.24) is 20.4 Å². The molecule has 0 spiro atoms. The Hall–Kier alpha value is -2.70. The van der Waals surface area contributed by atoms with E-state index in [9.17, 15) is 13.2 Å². The molecule has 1 amide bonds. The molecule has 2 aliphatic rings. The van der Waals surface area contributed by atoms with E-state index >= 15 is 0 Å². The Kier molecular flexibility index (Phi) is 4.48. The molecule has 1 saturated carbocycles. The topological polar surface area (TPSA) is 117 Å². The molecule has 0 bridgehead atoms. The fourth-order valence-electron chi connectivity index (χ4n) is 3.55. The molecule has 1 aromatic carbocycles. The van der Waals surface area contributed by atoms with Gasteiger partial charge in [0.05, 0.1) is 27.9 Å². The van der Waals surface area contributed by atoms with Crippen LogP contribution in [-0.2, 0) is 14.6 Å². The van der Waals surface area contributed by atoms with Crippen LogP contribution in [0.1, 0.15) is 24.8 Å². The summed E-state index contributed by atoms with van der Waals surface area (Å²) in [4.78, 5) is 12.7. The molecular weight excluding hydrogens is 378 g/mol. The summed E-state index contributed by atoms with van der Waals surface area (Å²) in [5.74, 6) is -0.303. The van der Waals surface area contributed by atoms with E-state index in [-0.39, 0.29) is 23.8 Å². The van der Waals surface area contributed by atoms with Crippen LogP contribution in [0.5, 0.6) is 0 Å². The van der Waals surface area contributed by atoms with Crippen molar-refractivity contribution in [2.75, 3.05) is 6.54 Å². The summed E-state index contributed by atoms with van der Waals surface area (Å²) in [6.07, 6.45) is 4.93. The van der Waals surface area contributed by atoms with Crippen molar-refractivity contribution in [1.29, 1.82) is 5.26 Å². The lowest BCUT2D eigenvalue weighted by molar-refractivity contribution is -0.123. The Morgan fingerprint density at radius 2 is 2.21 bits per heavy atom. The SMILES string of the molecule is Cc1cc(-n2cccn2)ccc1S(=O)(=O)C1CN[C@H](C(=O)NC2(C#N)CC2)C1. The summed E-state index contributed by atoms with van der Waals surface area (Å²) in [5.41, 5.74) is 0.672. The van der Waals surface area contributed by atoms with E-state index in [0.717, 1.165) is 5.69 Å². The number of rotatable bonds is 5. The first-order valence-corrected chi connectivity index (χ1v) is 10.7. The standard InChI is InChI=1S/C19H21N5O3S/c1-13-9-14(24-8-2-7-22-24)3-4-17(13)28(26,27)15-10-16(21-11-15)18(25)23-19(12-20)5-6-19/h2-4,7-9,15-16,21H,5-6,10-11H2,1H3,(H,23,25)/t15?,16-/m0/s1. The number of carbonyl (C=O) groups is 1. The van der Waals surface area contributed by atoms with Crippen LogP contribution in [0.25, 0.3) is 5.69 Å². The van der Waals surface area contributed by atoms with Crippen molar-refractivity contribution in [3.05, 3.63) is 42.2 Å². The summed E-state index contributed by atoms with van der Waals surface area (Å²) >= 11 is 0. The van der Waals surface area contributed by atoms with Crippen LogP contribution < -0.4 is 10.6 Å². The van der Waals surface area contributed by atoms with Crippen molar-refractivity contribution in [3.63, 3.8) is 0 Å². The maximum atomic E-state index is 13.1. The molecular formula is C19H21N5O3S. The number of amides is 1. The minimum atomic E-state index is -3.59. The number of aromatic nitrogens is 2. The van der Waals surface area contributed by atoms with Crippen LogP contribution in [0.2, 0.25) is 0 Å². The monoisotopic (exact) mass is 399 g/mol. The van der Waals surface area contributed by atoms with E-state index in [1.54, 1.807) is 48.3 Å². The molecule has 8 nitrogen and oxygen atoms in total. The van der Waals surface area contributed by atoms with Crippen LogP contribution in [-0.4, -0.2) is 47.5 Å². The molecule has 2 fully saturated rings. The van der Waals surface area contributed by atoms with Crippen LogP contribution in [0, 0.1) is 18.3 Å². The molecule has 1 aliphatic heterocycles. The lowest BCUT2D eigenvalue weighted by Gasteiger charge is -2.15. The number of benzene rings is 1. The first-order chi connectivity index (χ1) is 13.3. The third-order valence-corrected chi connectivity index (χ3v) is 7.71. The minimum Gasteiger partial charge on any atom is -0.336 e. The minimum absolute atomic E-state index is 0.190. The second-order valence-corrected chi connectivity index (χ2v) is 9.64. The molecule has 2 atom stereocenters. The number of hydrogen-bond donors (Lipinski definition) is 2. The van der Waals surface area contributed by atoms with Gasteiger partial charge in [-0.3, -0.25) is 4.79 Å². The molecule has 2 aromatic rings. The maximum absolute atomic E-state index is 13.1. The maximum Gasteiger partial charge on any atom is 0.238 e. The van der Waals surface area contributed by atoms with Gasteiger partial charge in [-0.1, -0.05) is 0 Å². The van der Waals surface area contributed by atoms with Gasteiger partial charge in [0.1, 0.15) is 5.54 Å². The van der Waals surface area contributed by atoms with Gasteiger partial charge in [0, 0.05) is 18.9 Å². The largest absolute Gasteiger partial charge is 0.336 e. The van der Waals surface area contributed by atoms with E-state index in [1.165, 1.54) is 0 Å². The predicted octanol–water partition coefficient (Wildman–Crippen LogP) is 0.857. The number of nitrogens with zero attached hydrogens (tertiary/aromatic N) is 3. The van der Waals surface area contributed by atoms with Gasteiger partial charge in [-0.05, 0) is 56.0 Å². The zero-order chi connectivity index (χ0) is 19.9. The third-order valence-electron chi connectivity index (χ3n) is 5.41. The normalized spacial score (nSPS) is 23.1. The molecule has 1 aliphatic carbocycles. The van der Waals surface area contributed by atoms with Gasteiger partial charge in [0.25, 0.3) is 0 Å². The molecule has 4 rings (SSSR count). The van der Waals surface area contributed by atoms with Gasteiger partial charge in [-0.15, -0.1) is 0 Å². The Morgan fingerprint density at radius 1 is 1.43 bits per heavy atom. The average Bonchev–Trinajstić information content (AvgIpc) is 3.09. The van der Waals surface area contributed by atoms with E-state index in [1.807, 2.05) is 0 Å². The van der Waals surface area contributed by atoms with Crippen molar-refractivity contribution >= 4 is 15.7 Å². The van der Waals surface area contributed by atoms with Crippen LogP contribution >= 0.6 is 0 Å². The molecule has 1 unspecified atom stereocenters. The lowest BCUT2D eigenvalue weighted by atomic mass is 10.2. The second-order valence-electron chi connectivity index (χ2n) is 7.45. The number of aryl methyl sites for hydroxylation is 1. The second kappa shape index (κ2) is 6.72. The van der Waals surface area contributed by atoms with E-state index in [0.29, 0.717) is 18.4 Å². The first kappa shape index (κ1) is 18.7. The number of nitriles is 1. The van der Waals surface area contributed by atoms with Gasteiger partial charge in [-0.25, -0.2) is 13.1 Å². The van der Waals surface area contributed by atoms with E-state index < -0.39 is 26.7 Å². The summed E-state index contributed by atoms with van der Waals surface area (Å²) < 4.78 is 27.9. The van der Waals surface area contributed by atoms with Crippen molar-refractivity contribution < 1.29 is 13.2 Å². The fourth-order valence-corrected chi connectivity index (χ4v) is 5.43. The number of carbonyl (C=O) groups excluding carboxylic acids is 1. The van der Waals surface area contributed by atoms with Crippen molar-refractivity contribution in [2.24, 2.45) is 0 Å². The Labute approximate surface area is 163 Å². The number of nitrogens with one attached hydrogen (secondary N) is 2. The Bertz CT molecular complexity index is 1050. The number of sulfone groups is 1. The summed E-state index contributed by atoms with van der Waals surface area (Å²) in [5, 5.41) is 18.3. The lowest BCUT2D eigenvalue weighted by Crippen LogP contribution is -2.45. The highest BCUT2D eigenvalue weighted by Crippen LogP contribution is 2.35. The molecule has 28 heavy (non-hydrogen) atoms. The summed E-state index contributed by atoms with van der Waals surface area (Å²) in [7, 11) is -3.59. The van der Waals surface area contributed by atoms with Crippen LogP contribution in [0.3, 0.4) is 0 Å². The number of hydrogen-bond acceptors (Lipinski definition) is 6. The van der Waals surface area contributed by atoms with E-state index in [2.05, 4.69) is 21.8 Å². The van der Waals surface area contributed by atoms with Crippen molar-refractivity contribution in [3.8, 4) is 11.8 Å². The molecule has 1 aromatic heterocycles. The van der Waals surface area contributed by atoms with Gasteiger partial charge in [0.15, 0.2) is 9.84 Å². The molecule has 2 heterocycles. The first-order valence-electron chi connectivity index (χ1n) is 9.16. The Balaban J connectivity index is 1.50. The van der Waals surface area contributed by atoms with Gasteiger partial charge in [-0.2, -0.15) is 10.4 Å². The average molecular weight is 399 g/mol. The van der Waals surface area contributed by atoms with Crippen LogP contribution in [0.4, 0.5) is 0 Å². The third kappa shape index (κ3) is 3.30. The highest BCUT2D eigenvalue weighted by molar-refractivity contribution is 7.92. The fraction of sp³-hybridized carbons (Fsp3) is 0.421. The van der Waals surface area contributed by atoms with Gasteiger partial charge in [0.2, 0.25) is 5.91 Å². The smallest absolute Gasteiger partial charge is 0.238 e. The van der Waals surface area contributed by atoms with Gasteiger partial charge >= 0.3 is 0 Å². The highest BCUT2D eigenvalue weighted by atomic mass is 32.2. The molecule has 146 valence electrons. The molecule has 9 heteroatoms. The summed E-state index contributed by atoms with van der Waals surface area (Å²) in [6.45, 7) is 1.97. The van der Waals surface area contributed by atoms with Crippen LogP contribution in [0.15, 0.2) is 41.6 Å². The van der Waals surface area contributed by atoms with Gasteiger partial charge < -0.3 is 10.6 Å². The summed E-state index contributed by atoms with van der Waals surface area (Å²) in [6, 6.07) is 8.42. The van der Waals surface area contributed by atoms with E-state index in [4.69, 9.17) is 5.26 Å². The molecule has 1 saturated heterocycles. The Morgan fingerprint density at radius 3 is 2.82 bits per heavy atom. The quantitative estimate of drug-likeness (QED) is 0.770. The molecule has 2 N–H and O–H groups in total. The zero-order valence-electron chi connectivity index (χ0n) is 15.4. The van der Waals surface area contributed by atoms with Crippen molar-refractivity contribution in [2.45, 2.75) is 47.9 Å². The predicted molar refractivity (Wildman–Crippen MR) is 101 cm³/mol. The molecule has 0 radical (unpaired) electrons. The highest BCUT2D eigenvalue weighted by Gasteiger charge is 2.47.